The first-order valence-electron chi connectivity index (χ1n) is 8.93. The van der Waals surface area contributed by atoms with Gasteiger partial charge < -0.3 is 5.32 Å². The number of carbonyl (C=O) groups is 1. The molecule has 0 unspecified atom stereocenters. The maximum atomic E-state index is 12.8. The topological polar surface area (TPSA) is 66.5 Å². The van der Waals surface area contributed by atoms with Gasteiger partial charge in [-0.25, -0.2) is 8.42 Å². The number of nitrogens with one attached hydrogen (secondary N) is 1. The monoisotopic (exact) mass is 388 g/mol. The van der Waals surface area contributed by atoms with Gasteiger partial charge in [0.1, 0.15) is 6.04 Å². The van der Waals surface area contributed by atoms with Crippen LogP contribution in [0.1, 0.15) is 42.1 Å². The van der Waals surface area contributed by atoms with E-state index in [0.29, 0.717) is 5.69 Å². The molecule has 2 aromatic rings. The van der Waals surface area contributed by atoms with E-state index in [0.717, 1.165) is 28.5 Å². The molecule has 1 N–H and O–H groups in total. The second-order valence-corrected chi connectivity index (χ2v) is 9.08. The smallest absolute Gasteiger partial charge is 0.244 e. The van der Waals surface area contributed by atoms with Crippen LogP contribution in [0.15, 0.2) is 42.5 Å². The van der Waals surface area contributed by atoms with Crippen LogP contribution in [0.5, 0.6) is 0 Å². The van der Waals surface area contributed by atoms with Crippen molar-refractivity contribution >= 4 is 21.6 Å². The summed E-state index contributed by atoms with van der Waals surface area (Å²) in [6.45, 7) is 9.30. The van der Waals surface area contributed by atoms with Crippen LogP contribution in [-0.4, -0.2) is 26.6 Å². The number of sulfonamides is 1. The molecule has 2 atom stereocenters. The predicted molar refractivity (Wildman–Crippen MR) is 110 cm³/mol. The Hall–Kier alpha value is -2.34. The Morgan fingerprint density at radius 2 is 1.44 bits per heavy atom. The third-order valence-corrected chi connectivity index (χ3v) is 5.73. The summed E-state index contributed by atoms with van der Waals surface area (Å²) in [7, 11) is -3.63. The first-order chi connectivity index (χ1) is 12.5. The third-order valence-electron chi connectivity index (χ3n) is 4.49. The fraction of sp³-hybridized carbons (Fsp3) is 0.381. The minimum absolute atomic E-state index is 0.221. The van der Waals surface area contributed by atoms with Crippen molar-refractivity contribution in [3.05, 3.63) is 64.7 Å². The number of hydrogen-bond acceptors (Lipinski definition) is 3. The van der Waals surface area contributed by atoms with Crippen molar-refractivity contribution in [1.29, 1.82) is 0 Å². The SMILES string of the molecule is Cc1ccc([C@@H](C)NC(=O)[C@H](C)N(c2cc(C)cc(C)c2)S(C)(=O)=O)cc1. The molecule has 0 fully saturated rings. The lowest BCUT2D eigenvalue weighted by atomic mass is 10.1. The van der Waals surface area contributed by atoms with Crippen molar-refractivity contribution in [2.75, 3.05) is 10.6 Å². The zero-order valence-corrected chi connectivity index (χ0v) is 17.6. The van der Waals surface area contributed by atoms with Crippen LogP contribution < -0.4 is 9.62 Å². The lowest BCUT2D eigenvalue weighted by Crippen LogP contribution is -2.48. The quantitative estimate of drug-likeness (QED) is 0.821. The molecule has 0 aliphatic rings. The van der Waals surface area contributed by atoms with E-state index >= 15 is 0 Å². The number of nitrogens with zero attached hydrogens (tertiary/aromatic N) is 1. The van der Waals surface area contributed by atoms with Crippen LogP contribution in [0, 0.1) is 20.8 Å². The van der Waals surface area contributed by atoms with Gasteiger partial charge in [0.2, 0.25) is 15.9 Å². The maximum absolute atomic E-state index is 12.8. The number of hydrogen-bond donors (Lipinski definition) is 1. The van der Waals surface area contributed by atoms with Gasteiger partial charge in [-0.2, -0.15) is 0 Å². The van der Waals surface area contributed by atoms with E-state index in [1.807, 2.05) is 58.0 Å². The number of aryl methyl sites for hydroxylation is 3. The standard InChI is InChI=1S/C21H28N2O3S/c1-14-7-9-19(10-8-14)17(4)22-21(24)18(5)23(27(6,25)26)20-12-15(2)11-16(3)13-20/h7-13,17-18H,1-6H3,(H,22,24)/t17-,18+/m1/s1. The largest absolute Gasteiger partial charge is 0.348 e. The molecule has 146 valence electrons. The van der Waals surface area contributed by atoms with Crippen LogP contribution in [0.3, 0.4) is 0 Å². The van der Waals surface area contributed by atoms with Crippen molar-refractivity contribution in [1.82, 2.24) is 5.32 Å². The second-order valence-electron chi connectivity index (χ2n) is 7.22. The lowest BCUT2D eigenvalue weighted by Gasteiger charge is -2.30. The second kappa shape index (κ2) is 8.13. The van der Waals surface area contributed by atoms with E-state index in [-0.39, 0.29) is 11.9 Å². The summed E-state index contributed by atoms with van der Waals surface area (Å²) in [5.41, 5.74) is 4.50. The Morgan fingerprint density at radius 3 is 1.93 bits per heavy atom. The Bertz CT molecular complexity index is 901. The van der Waals surface area contributed by atoms with Crippen LogP contribution >= 0.6 is 0 Å². The normalized spacial score (nSPS) is 13.7. The average molecular weight is 389 g/mol. The predicted octanol–water partition coefficient (Wildman–Crippen LogP) is 3.64. The molecule has 0 radical (unpaired) electrons. The van der Waals surface area contributed by atoms with E-state index in [1.54, 1.807) is 19.1 Å². The highest BCUT2D eigenvalue weighted by atomic mass is 32.2. The Labute approximate surface area is 162 Å². The summed E-state index contributed by atoms with van der Waals surface area (Å²) >= 11 is 0. The number of carbonyl (C=O) groups excluding carboxylic acids is 1. The molecule has 0 aromatic heterocycles. The summed E-state index contributed by atoms with van der Waals surface area (Å²) in [5, 5.41) is 2.92. The minimum Gasteiger partial charge on any atom is -0.348 e. The molecule has 0 heterocycles. The average Bonchev–Trinajstić information content (AvgIpc) is 2.53. The van der Waals surface area contributed by atoms with Crippen molar-refractivity contribution in [3.63, 3.8) is 0 Å². The highest BCUT2D eigenvalue weighted by Crippen LogP contribution is 2.24. The molecule has 0 saturated carbocycles. The molecule has 0 spiro atoms. The number of rotatable bonds is 6. The van der Waals surface area contributed by atoms with E-state index in [1.165, 1.54) is 4.31 Å². The number of benzene rings is 2. The molecule has 5 nitrogen and oxygen atoms in total. The van der Waals surface area contributed by atoms with Crippen LogP contribution in [0.4, 0.5) is 5.69 Å². The zero-order valence-electron chi connectivity index (χ0n) is 16.8. The summed E-state index contributed by atoms with van der Waals surface area (Å²) in [4.78, 5) is 12.8. The Kier molecular flexibility index (Phi) is 6.31. The molecule has 0 aliphatic carbocycles. The van der Waals surface area contributed by atoms with Gasteiger partial charge in [0, 0.05) is 0 Å². The fourth-order valence-corrected chi connectivity index (χ4v) is 4.32. The number of anilines is 1. The molecule has 6 heteroatoms. The summed E-state index contributed by atoms with van der Waals surface area (Å²) < 4.78 is 26.1. The lowest BCUT2D eigenvalue weighted by molar-refractivity contribution is -0.122. The Balaban J connectivity index is 2.28. The molecule has 1 amide bonds. The molecule has 0 aliphatic heterocycles. The van der Waals surface area contributed by atoms with E-state index in [2.05, 4.69) is 5.32 Å². The van der Waals surface area contributed by atoms with Gasteiger partial charge in [-0.05, 0) is 63.4 Å². The van der Waals surface area contributed by atoms with E-state index in [9.17, 15) is 13.2 Å². The van der Waals surface area contributed by atoms with Gasteiger partial charge in [-0.15, -0.1) is 0 Å². The summed E-state index contributed by atoms with van der Waals surface area (Å²) in [5.74, 6) is -0.340. The summed E-state index contributed by atoms with van der Waals surface area (Å²) in [6, 6.07) is 12.3. The third kappa shape index (κ3) is 5.32. The van der Waals surface area contributed by atoms with Gasteiger partial charge >= 0.3 is 0 Å². The van der Waals surface area contributed by atoms with Crippen LogP contribution in [0.2, 0.25) is 0 Å². The first kappa shape index (κ1) is 21.0. The minimum atomic E-state index is -3.63. The molecule has 0 bridgehead atoms. The van der Waals surface area contributed by atoms with Gasteiger partial charge in [0.05, 0.1) is 18.0 Å². The summed E-state index contributed by atoms with van der Waals surface area (Å²) in [6.07, 6.45) is 1.12. The van der Waals surface area contributed by atoms with Crippen molar-refractivity contribution in [3.8, 4) is 0 Å². The van der Waals surface area contributed by atoms with Gasteiger partial charge in [0.25, 0.3) is 0 Å². The molecule has 2 aromatic carbocycles. The van der Waals surface area contributed by atoms with Gasteiger partial charge in [-0.3, -0.25) is 9.10 Å². The maximum Gasteiger partial charge on any atom is 0.244 e. The molecule has 2 rings (SSSR count). The zero-order chi connectivity index (χ0) is 20.4. The van der Waals surface area contributed by atoms with Crippen LogP contribution in [0.25, 0.3) is 0 Å². The molecule has 27 heavy (non-hydrogen) atoms. The molecular formula is C21H28N2O3S. The highest BCUT2D eigenvalue weighted by molar-refractivity contribution is 7.92. The fourth-order valence-electron chi connectivity index (χ4n) is 3.16. The van der Waals surface area contributed by atoms with Gasteiger partial charge in [0.15, 0.2) is 0 Å². The number of amides is 1. The Morgan fingerprint density at radius 1 is 0.926 bits per heavy atom. The van der Waals surface area contributed by atoms with Crippen LogP contribution in [-0.2, 0) is 14.8 Å². The van der Waals surface area contributed by atoms with Crippen molar-refractivity contribution < 1.29 is 13.2 Å². The van der Waals surface area contributed by atoms with Gasteiger partial charge in [-0.1, -0.05) is 35.9 Å². The highest BCUT2D eigenvalue weighted by Gasteiger charge is 2.30. The van der Waals surface area contributed by atoms with E-state index in [4.69, 9.17) is 0 Å². The molecule has 0 saturated heterocycles. The van der Waals surface area contributed by atoms with Crippen molar-refractivity contribution in [2.24, 2.45) is 0 Å². The first-order valence-corrected chi connectivity index (χ1v) is 10.8. The van der Waals surface area contributed by atoms with E-state index < -0.39 is 16.1 Å². The molecular weight excluding hydrogens is 360 g/mol. The van der Waals surface area contributed by atoms with Crippen molar-refractivity contribution in [2.45, 2.75) is 46.7 Å².